The smallest absolute Gasteiger partial charge is 0.132 e. The van der Waals surface area contributed by atoms with Crippen LogP contribution >= 0.6 is 0 Å². The predicted molar refractivity (Wildman–Crippen MR) is 79.9 cm³/mol. The molecule has 0 saturated heterocycles. The third-order valence-electron chi connectivity index (χ3n) is 4.81. The molecule has 0 heterocycles. The van der Waals surface area contributed by atoms with Crippen molar-refractivity contribution in [2.24, 2.45) is 5.41 Å². The monoisotopic (exact) mass is 260 g/mol. The Labute approximate surface area is 112 Å². The zero-order chi connectivity index (χ0) is 13.4. The van der Waals surface area contributed by atoms with E-state index in [4.69, 9.17) is 0 Å². The minimum atomic E-state index is -1.58. The number of hydrogen-bond donors (Lipinski definition) is 0. The Bertz CT molecular complexity index is 434. The van der Waals surface area contributed by atoms with Crippen molar-refractivity contribution in [2.45, 2.75) is 51.7 Å². The molecule has 0 radical (unpaired) electrons. The van der Waals surface area contributed by atoms with Crippen LogP contribution in [0.1, 0.15) is 33.1 Å². The van der Waals surface area contributed by atoms with E-state index in [-0.39, 0.29) is 0 Å². The van der Waals surface area contributed by atoms with E-state index >= 15 is 0 Å². The third-order valence-corrected chi connectivity index (χ3v) is 9.36. The van der Waals surface area contributed by atoms with E-state index in [2.05, 4.69) is 57.3 Å². The highest BCUT2D eigenvalue weighted by Gasteiger charge is 2.46. The van der Waals surface area contributed by atoms with Crippen LogP contribution in [-0.4, -0.2) is 13.9 Å². The summed E-state index contributed by atoms with van der Waals surface area (Å²) in [6.45, 7) is 9.55. The van der Waals surface area contributed by atoms with Gasteiger partial charge in [0.1, 0.15) is 5.78 Å². The molecule has 0 bridgehead atoms. The fraction of sp³-hybridized carbons (Fsp3) is 0.562. The normalized spacial score (nSPS) is 24.0. The first-order valence-electron chi connectivity index (χ1n) is 6.91. The lowest BCUT2D eigenvalue weighted by atomic mass is 9.76. The molecule has 0 aliphatic heterocycles. The standard InChI is InChI=1S/C16H24OSi/c1-16(2)11-10-13(17)12-15(16)18(3,4)14-8-6-5-7-9-14/h5-9,15H,10-12H2,1-4H3/t15-/m0/s1. The van der Waals surface area contributed by atoms with Gasteiger partial charge in [0.25, 0.3) is 0 Å². The average molecular weight is 260 g/mol. The molecule has 1 aliphatic carbocycles. The summed E-state index contributed by atoms with van der Waals surface area (Å²) in [6.07, 6.45) is 2.63. The molecule has 1 aromatic rings. The van der Waals surface area contributed by atoms with Gasteiger partial charge in [0, 0.05) is 12.8 Å². The number of benzene rings is 1. The summed E-state index contributed by atoms with van der Waals surface area (Å²) in [7, 11) is -1.58. The van der Waals surface area contributed by atoms with Gasteiger partial charge in [0.2, 0.25) is 0 Å². The minimum Gasteiger partial charge on any atom is -0.300 e. The first-order valence-corrected chi connectivity index (χ1v) is 9.99. The van der Waals surface area contributed by atoms with Crippen molar-refractivity contribution in [3.63, 3.8) is 0 Å². The summed E-state index contributed by atoms with van der Waals surface area (Å²) < 4.78 is 0. The average Bonchev–Trinajstić information content (AvgIpc) is 2.33. The highest BCUT2D eigenvalue weighted by atomic mass is 28.3. The van der Waals surface area contributed by atoms with Crippen molar-refractivity contribution >= 4 is 19.0 Å². The van der Waals surface area contributed by atoms with Crippen LogP contribution in [0.5, 0.6) is 0 Å². The lowest BCUT2D eigenvalue weighted by molar-refractivity contribution is -0.122. The van der Waals surface area contributed by atoms with Gasteiger partial charge in [-0.25, -0.2) is 0 Å². The number of hydrogen-bond acceptors (Lipinski definition) is 1. The molecule has 98 valence electrons. The molecule has 0 amide bonds. The van der Waals surface area contributed by atoms with E-state index < -0.39 is 8.07 Å². The summed E-state index contributed by atoms with van der Waals surface area (Å²) in [4.78, 5) is 11.9. The van der Waals surface area contributed by atoms with E-state index in [0.29, 0.717) is 16.7 Å². The van der Waals surface area contributed by atoms with Gasteiger partial charge in [-0.15, -0.1) is 0 Å². The molecule has 0 unspecified atom stereocenters. The molecule has 1 nitrogen and oxygen atoms in total. The molecule has 1 fully saturated rings. The lowest BCUT2D eigenvalue weighted by Gasteiger charge is -2.46. The number of rotatable bonds is 2. The molecule has 0 N–H and O–H groups in total. The first kappa shape index (κ1) is 13.5. The summed E-state index contributed by atoms with van der Waals surface area (Å²) in [6, 6.07) is 10.8. The molecule has 1 atom stereocenters. The van der Waals surface area contributed by atoms with E-state index in [1.807, 2.05) is 0 Å². The SMILES string of the molecule is CC1(C)CCC(=O)C[C@@H]1[Si](C)(C)c1ccccc1. The maximum Gasteiger partial charge on any atom is 0.132 e. The maximum absolute atomic E-state index is 11.9. The number of ketones is 1. The van der Waals surface area contributed by atoms with E-state index in [1.54, 1.807) is 0 Å². The Morgan fingerprint density at radius 2 is 1.78 bits per heavy atom. The van der Waals surface area contributed by atoms with Gasteiger partial charge in [0.15, 0.2) is 0 Å². The Morgan fingerprint density at radius 3 is 2.39 bits per heavy atom. The fourth-order valence-corrected chi connectivity index (χ4v) is 7.83. The summed E-state index contributed by atoms with van der Waals surface area (Å²) >= 11 is 0. The molecule has 2 rings (SSSR count). The number of Topliss-reactive ketones (excluding diaryl/α,β-unsaturated/α-hetero) is 1. The van der Waals surface area contributed by atoms with Crippen molar-refractivity contribution in [1.82, 2.24) is 0 Å². The van der Waals surface area contributed by atoms with Crippen molar-refractivity contribution in [2.75, 3.05) is 0 Å². The molecule has 0 aromatic heterocycles. The molecule has 1 saturated carbocycles. The van der Waals surface area contributed by atoms with Crippen molar-refractivity contribution in [3.8, 4) is 0 Å². The van der Waals surface area contributed by atoms with Crippen molar-refractivity contribution < 1.29 is 4.79 Å². The van der Waals surface area contributed by atoms with Crippen molar-refractivity contribution in [1.29, 1.82) is 0 Å². The van der Waals surface area contributed by atoms with Crippen LogP contribution in [-0.2, 0) is 4.79 Å². The molecular formula is C16H24OSi. The fourth-order valence-electron chi connectivity index (χ4n) is 3.54. The second-order valence-electron chi connectivity index (χ2n) is 6.87. The van der Waals surface area contributed by atoms with Gasteiger partial charge >= 0.3 is 0 Å². The Morgan fingerprint density at radius 1 is 1.17 bits per heavy atom. The van der Waals surface area contributed by atoms with Crippen LogP contribution in [0.15, 0.2) is 30.3 Å². The summed E-state index contributed by atoms with van der Waals surface area (Å²) in [5.41, 5.74) is 0.869. The molecule has 1 aromatic carbocycles. The molecule has 1 aliphatic rings. The lowest BCUT2D eigenvalue weighted by Crippen LogP contribution is -2.52. The molecule has 18 heavy (non-hydrogen) atoms. The predicted octanol–water partition coefficient (Wildman–Crippen LogP) is 3.75. The van der Waals surface area contributed by atoms with Gasteiger partial charge in [-0.3, -0.25) is 4.79 Å². The molecule has 0 spiro atoms. The highest BCUT2D eigenvalue weighted by molar-refractivity contribution is 6.91. The number of carbonyl (C=O) groups is 1. The second kappa shape index (κ2) is 4.65. The first-order chi connectivity index (χ1) is 8.34. The molecule has 2 heteroatoms. The third kappa shape index (κ3) is 2.44. The summed E-state index contributed by atoms with van der Waals surface area (Å²) in [5.74, 6) is 0.468. The van der Waals surface area contributed by atoms with Gasteiger partial charge < -0.3 is 0 Å². The van der Waals surface area contributed by atoms with E-state index in [9.17, 15) is 4.79 Å². The van der Waals surface area contributed by atoms with Gasteiger partial charge in [-0.05, 0) is 17.4 Å². The van der Waals surface area contributed by atoms with Crippen molar-refractivity contribution in [3.05, 3.63) is 30.3 Å². The zero-order valence-corrected chi connectivity index (χ0v) is 13.0. The summed E-state index contributed by atoms with van der Waals surface area (Å²) in [5, 5.41) is 1.48. The minimum absolute atomic E-state index is 0.305. The van der Waals surface area contributed by atoms with Gasteiger partial charge in [0.05, 0.1) is 8.07 Å². The van der Waals surface area contributed by atoms with Crippen LogP contribution in [0.3, 0.4) is 0 Å². The van der Waals surface area contributed by atoms with Gasteiger partial charge in [-0.2, -0.15) is 0 Å². The van der Waals surface area contributed by atoms with Crippen LogP contribution in [0, 0.1) is 5.41 Å². The Hall–Kier alpha value is -0.893. The maximum atomic E-state index is 11.9. The largest absolute Gasteiger partial charge is 0.300 e. The van der Waals surface area contributed by atoms with Crippen LogP contribution in [0.25, 0.3) is 0 Å². The Balaban J connectivity index is 2.36. The quantitative estimate of drug-likeness (QED) is 0.740. The van der Waals surface area contributed by atoms with Crippen LogP contribution < -0.4 is 5.19 Å². The topological polar surface area (TPSA) is 17.1 Å². The van der Waals surface area contributed by atoms with E-state index in [0.717, 1.165) is 19.3 Å². The van der Waals surface area contributed by atoms with Crippen LogP contribution in [0.2, 0.25) is 18.6 Å². The van der Waals surface area contributed by atoms with Gasteiger partial charge in [-0.1, -0.05) is 62.5 Å². The second-order valence-corrected chi connectivity index (χ2v) is 11.6. The Kier molecular flexibility index (Phi) is 3.50. The van der Waals surface area contributed by atoms with E-state index in [1.165, 1.54) is 5.19 Å². The van der Waals surface area contributed by atoms with Crippen LogP contribution in [0.4, 0.5) is 0 Å². The highest BCUT2D eigenvalue weighted by Crippen LogP contribution is 2.48. The number of carbonyl (C=O) groups excluding carboxylic acids is 1. The molecular weight excluding hydrogens is 236 g/mol. The zero-order valence-electron chi connectivity index (χ0n) is 12.0.